The van der Waals surface area contributed by atoms with E-state index < -0.39 is 11.4 Å². The Labute approximate surface area is 259 Å². The number of ether oxygens (including phenoxy) is 2. The molecule has 0 radical (unpaired) electrons. The first kappa shape index (κ1) is 28.7. The number of carbonyl (C=O) groups excluding carboxylic acids is 1. The van der Waals surface area contributed by atoms with E-state index in [9.17, 15) is 4.79 Å². The number of halogens is 1. The Hall–Kier alpha value is -5.07. The van der Waals surface area contributed by atoms with Crippen LogP contribution in [0.4, 0.5) is 26.5 Å². The highest BCUT2D eigenvalue weighted by molar-refractivity contribution is 5.88. The van der Waals surface area contributed by atoms with Crippen LogP contribution in [0.1, 0.15) is 39.2 Å². The summed E-state index contributed by atoms with van der Waals surface area (Å²) in [5, 5.41) is 3.12. The fraction of sp³-hybridized carbons (Fsp3) is 0.375. The van der Waals surface area contributed by atoms with Gasteiger partial charge in [-0.15, -0.1) is 0 Å². The molecular weight excluding hydrogens is 577 g/mol. The lowest BCUT2D eigenvalue weighted by atomic mass is 9.91. The van der Waals surface area contributed by atoms with Gasteiger partial charge in [0.15, 0.2) is 17.3 Å². The normalized spacial score (nSPS) is 18.1. The van der Waals surface area contributed by atoms with Gasteiger partial charge in [0.05, 0.1) is 29.8 Å². The Morgan fingerprint density at radius 3 is 2.62 bits per heavy atom. The number of aryl methyl sites for hydroxylation is 1. The summed E-state index contributed by atoms with van der Waals surface area (Å²) in [7, 11) is 1.87. The van der Waals surface area contributed by atoms with E-state index in [2.05, 4.69) is 30.2 Å². The summed E-state index contributed by atoms with van der Waals surface area (Å²) in [6, 6.07) is 9.05. The molecule has 5 aromatic rings. The molecule has 7 heterocycles. The number of amides is 1. The zero-order chi connectivity index (χ0) is 31.5. The molecule has 2 bridgehead atoms. The number of nitrogens with one attached hydrogen (secondary N) is 1. The summed E-state index contributed by atoms with van der Waals surface area (Å²) in [5.74, 6) is 1.50. The number of piperidine rings is 2. The smallest absolute Gasteiger partial charge is 0.410 e. The second-order valence-corrected chi connectivity index (χ2v) is 12.6. The molecule has 0 saturated carbocycles. The van der Waals surface area contributed by atoms with Crippen molar-refractivity contribution in [3.63, 3.8) is 0 Å². The van der Waals surface area contributed by atoms with Crippen molar-refractivity contribution in [2.75, 3.05) is 23.3 Å². The Balaban J connectivity index is 1.12. The Morgan fingerprint density at radius 1 is 1.02 bits per heavy atom. The van der Waals surface area contributed by atoms with Crippen LogP contribution in [-0.4, -0.2) is 71.3 Å². The van der Waals surface area contributed by atoms with E-state index in [4.69, 9.17) is 14.5 Å². The van der Waals surface area contributed by atoms with Crippen LogP contribution >= 0.6 is 0 Å². The quantitative estimate of drug-likeness (QED) is 0.258. The van der Waals surface area contributed by atoms with Crippen molar-refractivity contribution >= 4 is 45.6 Å². The second kappa shape index (κ2) is 10.8. The Morgan fingerprint density at radius 2 is 1.84 bits per heavy atom. The van der Waals surface area contributed by atoms with Crippen LogP contribution in [-0.2, 0) is 11.8 Å². The SMILES string of the molecule is Cc1c(Oc2cnc3c(c2)ncn3C)ccc(Nc2ncnc3ccc(N4C[C@H]5CCC4CN5C(=O)OC(C)(C)C)nc23)c1F. The topological polar surface area (TPSA) is 123 Å². The zero-order valence-electron chi connectivity index (χ0n) is 25.8. The number of aromatic nitrogens is 6. The van der Waals surface area contributed by atoms with Crippen molar-refractivity contribution in [3.8, 4) is 11.5 Å². The summed E-state index contributed by atoms with van der Waals surface area (Å²) in [6.07, 6.45) is 6.28. The van der Waals surface area contributed by atoms with Gasteiger partial charge in [-0.3, -0.25) is 0 Å². The summed E-state index contributed by atoms with van der Waals surface area (Å²) in [4.78, 5) is 39.4. The third kappa shape index (κ3) is 5.42. The second-order valence-electron chi connectivity index (χ2n) is 12.6. The van der Waals surface area contributed by atoms with Gasteiger partial charge in [-0.1, -0.05) is 0 Å². The predicted octanol–water partition coefficient (Wildman–Crippen LogP) is 5.88. The summed E-state index contributed by atoms with van der Waals surface area (Å²) >= 11 is 0. The van der Waals surface area contributed by atoms with E-state index in [1.165, 1.54) is 6.33 Å². The lowest BCUT2D eigenvalue weighted by Crippen LogP contribution is -2.64. The van der Waals surface area contributed by atoms with Crippen LogP contribution in [0.2, 0.25) is 0 Å². The molecule has 3 aliphatic rings. The van der Waals surface area contributed by atoms with Crippen molar-refractivity contribution in [1.82, 2.24) is 34.4 Å². The number of hydrogen-bond donors (Lipinski definition) is 1. The molecule has 0 spiro atoms. The molecule has 3 aliphatic heterocycles. The number of carbonyl (C=O) groups is 1. The molecule has 12 nitrogen and oxygen atoms in total. The molecule has 3 fully saturated rings. The van der Waals surface area contributed by atoms with E-state index in [-0.39, 0.29) is 23.9 Å². The summed E-state index contributed by atoms with van der Waals surface area (Å²) in [5.41, 5.74) is 2.58. The molecule has 1 N–H and O–H groups in total. The van der Waals surface area contributed by atoms with E-state index >= 15 is 4.39 Å². The number of hydrogen-bond acceptors (Lipinski definition) is 10. The van der Waals surface area contributed by atoms with Crippen molar-refractivity contribution in [2.45, 2.75) is 58.2 Å². The van der Waals surface area contributed by atoms with Gasteiger partial charge >= 0.3 is 6.09 Å². The molecule has 13 heteroatoms. The lowest BCUT2D eigenvalue weighted by molar-refractivity contribution is 0.000789. The van der Waals surface area contributed by atoms with Crippen LogP contribution in [0.25, 0.3) is 22.2 Å². The van der Waals surface area contributed by atoms with Gasteiger partial charge in [0.25, 0.3) is 0 Å². The molecule has 1 amide bonds. The molecule has 1 aromatic carbocycles. The maximum absolute atomic E-state index is 15.7. The van der Waals surface area contributed by atoms with Crippen molar-refractivity contribution < 1.29 is 18.7 Å². The molecule has 4 aromatic heterocycles. The highest BCUT2D eigenvalue weighted by atomic mass is 19.1. The number of benzene rings is 1. The fourth-order valence-corrected chi connectivity index (χ4v) is 6.02. The van der Waals surface area contributed by atoms with Gasteiger partial charge in [0.1, 0.15) is 40.3 Å². The van der Waals surface area contributed by atoms with Crippen molar-refractivity contribution in [1.29, 1.82) is 0 Å². The van der Waals surface area contributed by atoms with E-state index in [1.54, 1.807) is 37.6 Å². The molecule has 3 saturated heterocycles. The van der Waals surface area contributed by atoms with Crippen LogP contribution in [0, 0.1) is 12.7 Å². The molecule has 0 aliphatic carbocycles. The average molecular weight is 612 g/mol. The molecular formula is C32H34FN9O3. The van der Waals surface area contributed by atoms with E-state index in [0.717, 1.165) is 24.3 Å². The highest BCUT2D eigenvalue weighted by Gasteiger charge is 2.43. The first-order chi connectivity index (χ1) is 21.5. The van der Waals surface area contributed by atoms with Crippen molar-refractivity contribution in [3.05, 3.63) is 60.6 Å². The maximum Gasteiger partial charge on any atom is 0.410 e. The number of fused-ring (bicyclic) bond motifs is 5. The zero-order valence-corrected chi connectivity index (χ0v) is 25.8. The minimum absolute atomic E-state index is 0.0337. The molecule has 1 unspecified atom stereocenters. The first-order valence-corrected chi connectivity index (χ1v) is 14.9. The number of pyridine rings is 2. The van der Waals surface area contributed by atoms with Crippen LogP contribution in [0.15, 0.2) is 49.2 Å². The summed E-state index contributed by atoms with van der Waals surface area (Å²) < 4.78 is 29.1. The predicted molar refractivity (Wildman–Crippen MR) is 167 cm³/mol. The highest BCUT2D eigenvalue weighted by Crippen LogP contribution is 2.36. The van der Waals surface area contributed by atoms with E-state index in [1.807, 2.05) is 49.4 Å². The van der Waals surface area contributed by atoms with Gasteiger partial charge in [0, 0.05) is 37.8 Å². The number of nitrogens with zero attached hydrogens (tertiary/aromatic N) is 8. The minimum atomic E-state index is -0.547. The molecule has 232 valence electrons. The molecule has 2 atom stereocenters. The monoisotopic (exact) mass is 611 g/mol. The van der Waals surface area contributed by atoms with Crippen LogP contribution in [0.3, 0.4) is 0 Å². The third-order valence-electron chi connectivity index (χ3n) is 8.26. The largest absolute Gasteiger partial charge is 0.455 e. The Kier molecular flexibility index (Phi) is 6.90. The number of imidazole rings is 1. The number of rotatable bonds is 5. The average Bonchev–Trinajstić information content (AvgIpc) is 3.39. The third-order valence-corrected chi connectivity index (χ3v) is 8.26. The number of anilines is 3. The van der Waals surface area contributed by atoms with Gasteiger partial charge < -0.3 is 29.2 Å². The van der Waals surface area contributed by atoms with Gasteiger partial charge in [0.2, 0.25) is 0 Å². The van der Waals surface area contributed by atoms with E-state index in [0.29, 0.717) is 52.5 Å². The molecule has 8 rings (SSSR count). The minimum Gasteiger partial charge on any atom is -0.455 e. The van der Waals surface area contributed by atoms with Gasteiger partial charge in [-0.25, -0.2) is 34.1 Å². The molecule has 45 heavy (non-hydrogen) atoms. The van der Waals surface area contributed by atoms with Crippen LogP contribution in [0.5, 0.6) is 11.5 Å². The Bertz CT molecular complexity index is 1940. The van der Waals surface area contributed by atoms with Crippen LogP contribution < -0.4 is 15.0 Å². The first-order valence-electron chi connectivity index (χ1n) is 14.9. The summed E-state index contributed by atoms with van der Waals surface area (Å²) in [6.45, 7) is 8.51. The van der Waals surface area contributed by atoms with Crippen molar-refractivity contribution in [2.24, 2.45) is 7.05 Å². The standard InChI is InChI=1S/C32H34FN9O3/c1-18-25(44-21-12-24-30(34-13-21)40(5)17-37-24)10-8-22(27(18)33)38-29-28-23(35-16-36-29)9-11-26(39-28)41-14-20-7-6-19(41)15-42(20)31(43)45-32(2,3)4/h8-13,16-17,19-20H,6-7,14-15H2,1-5H3,(H,35,36,38)/t19?,20-/m1/s1. The van der Waals surface area contributed by atoms with Gasteiger partial charge in [-0.2, -0.15) is 0 Å². The maximum atomic E-state index is 15.7. The lowest BCUT2D eigenvalue weighted by Gasteiger charge is -2.51. The van der Waals surface area contributed by atoms with Gasteiger partial charge in [-0.05, 0) is 64.8 Å². The number of piperazine rings is 1. The fourth-order valence-electron chi connectivity index (χ4n) is 6.02.